The van der Waals surface area contributed by atoms with Crippen molar-refractivity contribution in [2.45, 2.75) is 6.92 Å². The quantitative estimate of drug-likeness (QED) is 0.385. The van der Waals surface area contributed by atoms with Gasteiger partial charge < -0.3 is 15.7 Å². The largest absolute Gasteiger partial charge is 0.454 e. The van der Waals surface area contributed by atoms with Crippen LogP contribution in [-0.4, -0.2) is 16.0 Å². The van der Waals surface area contributed by atoms with Crippen molar-refractivity contribution in [3.63, 3.8) is 0 Å². The fourth-order valence-electron chi connectivity index (χ4n) is 1.49. The molecule has 0 atom stereocenters. The van der Waals surface area contributed by atoms with Crippen LogP contribution in [0.4, 0.5) is 4.39 Å². The van der Waals surface area contributed by atoms with Gasteiger partial charge in [0.2, 0.25) is 0 Å². The molecule has 0 radical (unpaired) electrons. The van der Waals surface area contributed by atoms with E-state index in [1.807, 2.05) is 0 Å². The van der Waals surface area contributed by atoms with Crippen LogP contribution in [0, 0.1) is 12.7 Å². The third kappa shape index (κ3) is 2.79. The number of ether oxygens (including phenoxy) is 1. The Morgan fingerprint density at radius 2 is 2.21 bits per heavy atom. The first-order chi connectivity index (χ1) is 9.11. The number of hydrogen-bond acceptors (Lipinski definition) is 4. The van der Waals surface area contributed by atoms with Gasteiger partial charge in [-0.05, 0) is 24.6 Å². The van der Waals surface area contributed by atoms with Gasteiger partial charge >= 0.3 is 0 Å². The van der Waals surface area contributed by atoms with Crippen molar-refractivity contribution in [3.05, 3.63) is 53.6 Å². The molecule has 0 aliphatic rings. The van der Waals surface area contributed by atoms with Crippen molar-refractivity contribution in [3.8, 4) is 11.5 Å². The minimum absolute atomic E-state index is 0.108. The van der Waals surface area contributed by atoms with E-state index in [2.05, 4.69) is 10.1 Å². The zero-order valence-corrected chi connectivity index (χ0v) is 10.2. The van der Waals surface area contributed by atoms with Crippen molar-refractivity contribution in [2.75, 3.05) is 0 Å². The van der Waals surface area contributed by atoms with Gasteiger partial charge in [-0.2, -0.15) is 0 Å². The monoisotopic (exact) mass is 261 g/mol. The lowest BCUT2D eigenvalue weighted by Crippen LogP contribution is -2.14. The van der Waals surface area contributed by atoms with Crippen LogP contribution in [0.1, 0.15) is 11.3 Å². The first-order valence-electron chi connectivity index (χ1n) is 5.48. The van der Waals surface area contributed by atoms with E-state index in [0.29, 0.717) is 11.3 Å². The van der Waals surface area contributed by atoms with Crippen LogP contribution >= 0.6 is 0 Å². The summed E-state index contributed by atoms with van der Waals surface area (Å²) in [5, 5.41) is 11.4. The predicted molar refractivity (Wildman–Crippen MR) is 68.0 cm³/mol. The molecule has 1 aromatic carbocycles. The first kappa shape index (κ1) is 12.8. The van der Waals surface area contributed by atoms with Gasteiger partial charge in [0.1, 0.15) is 11.4 Å². The lowest BCUT2D eigenvalue weighted by Gasteiger charge is -2.08. The highest BCUT2D eigenvalue weighted by atomic mass is 19.1. The van der Waals surface area contributed by atoms with Crippen molar-refractivity contribution in [1.29, 1.82) is 0 Å². The molecule has 0 aliphatic carbocycles. The number of amidine groups is 1. The predicted octanol–water partition coefficient (Wildman–Crippen LogP) is 2.42. The molecule has 0 bridgehead atoms. The molecule has 0 saturated carbocycles. The number of pyridine rings is 1. The Kier molecular flexibility index (Phi) is 3.61. The zero-order valence-electron chi connectivity index (χ0n) is 10.2. The van der Waals surface area contributed by atoms with E-state index in [1.54, 1.807) is 25.1 Å². The molecule has 0 unspecified atom stereocenters. The Labute approximate surface area is 109 Å². The lowest BCUT2D eigenvalue weighted by molar-refractivity contribution is 0.318. The lowest BCUT2D eigenvalue weighted by atomic mass is 10.2. The molecular formula is C13H12FN3O2. The number of halogens is 1. The minimum Gasteiger partial charge on any atom is -0.454 e. The first-order valence-corrected chi connectivity index (χ1v) is 5.48. The van der Waals surface area contributed by atoms with E-state index < -0.39 is 5.82 Å². The van der Waals surface area contributed by atoms with Crippen LogP contribution in [0.2, 0.25) is 0 Å². The molecule has 0 spiro atoms. The number of aryl methyl sites for hydroxylation is 1. The topological polar surface area (TPSA) is 80.7 Å². The van der Waals surface area contributed by atoms with Gasteiger partial charge in [-0.25, -0.2) is 4.39 Å². The second-order valence-corrected chi connectivity index (χ2v) is 3.85. The highest BCUT2D eigenvalue weighted by Crippen LogP contribution is 2.26. The van der Waals surface area contributed by atoms with Gasteiger partial charge in [0.05, 0.1) is 0 Å². The molecule has 19 heavy (non-hydrogen) atoms. The van der Waals surface area contributed by atoms with E-state index in [0.717, 1.165) is 0 Å². The highest BCUT2D eigenvalue weighted by Gasteiger charge is 2.08. The smallest absolute Gasteiger partial charge is 0.188 e. The normalized spacial score (nSPS) is 11.4. The van der Waals surface area contributed by atoms with Crippen LogP contribution in [0.15, 0.2) is 41.7 Å². The van der Waals surface area contributed by atoms with Crippen molar-refractivity contribution < 1.29 is 14.3 Å². The maximum atomic E-state index is 13.8. The molecule has 1 aromatic heterocycles. The van der Waals surface area contributed by atoms with Crippen LogP contribution in [0.25, 0.3) is 0 Å². The summed E-state index contributed by atoms with van der Waals surface area (Å²) in [4.78, 5) is 3.90. The standard InChI is InChI=1S/C13H12FN3O2/c1-8-3-2-4-11(12(8)14)19-9-5-6-16-10(7-9)13(15)17-18/h2-7,18H,1H3,(H2,15,17). The molecule has 0 saturated heterocycles. The molecule has 2 rings (SSSR count). The zero-order chi connectivity index (χ0) is 13.8. The second-order valence-electron chi connectivity index (χ2n) is 3.85. The minimum atomic E-state index is -0.426. The summed E-state index contributed by atoms with van der Waals surface area (Å²) in [7, 11) is 0. The number of rotatable bonds is 3. The van der Waals surface area contributed by atoms with Crippen molar-refractivity contribution in [1.82, 2.24) is 4.98 Å². The van der Waals surface area contributed by atoms with Crippen LogP contribution in [-0.2, 0) is 0 Å². The van der Waals surface area contributed by atoms with E-state index in [4.69, 9.17) is 15.7 Å². The Hall–Kier alpha value is -2.63. The molecule has 0 amide bonds. The Morgan fingerprint density at radius 3 is 2.95 bits per heavy atom. The number of aromatic nitrogens is 1. The van der Waals surface area contributed by atoms with E-state index in [1.165, 1.54) is 18.3 Å². The van der Waals surface area contributed by atoms with Crippen LogP contribution < -0.4 is 10.5 Å². The maximum Gasteiger partial charge on any atom is 0.188 e. The number of nitrogens with zero attached hydrogens (tertiary/aromatic N) is 2. The molecule has 6 heteroatoms. The van der Waals surface area contributed by atoms with E-state index in [9.17, 15) is 4.39 Å². The average Bonchev–Trinajstić information content (AvgIpc) is 2.43. The SMILES string of the molecule is Cc1cccc(Oc2ccnc(/C(N)=N/O)c2)c1F. The van der Waals surface area contributed by atoms with Gasteiger partial charge in [-0.3, -0.25) is 4.98 Å². The highest BCUT2D eigenvalue weighted by molar-refractivity contribution is 5.95. The maximum absolute atomic E-state index is 13.8. The fourth-order valence-corrected chi connectivity index (χ4v) is 1.49. The summed E-state index contributed by atoms with van der Waals surface area (Å²) in [5.74, 6) is -0.113. The Morgan fingerprint density at radius 1 is 1.42 bits per heavy atom. The number of nitrogens with two attached hydrogens (primary N) is 1. The van der Waals surface area contributed by atoms with Crippen LogP contribution in [0.3, 0.4) is 0 Å². The molecule has 98 valence electrons. The van der Waals surface area contributed by atoms with E-state index in [-0.39, 0.29) is 17.3 Å². The second kappa shape index (κ2) is 5.34. The Bertz CT molecular complexity index is 629. The van der Waals surface area contributed by atoms with Gasteiger partial charge in [-0.1, -0.05) is 17.3 Å². The van der Waals surface area contributed by atoms with Crippen molar-refractivity contribution >= 4 is 5.84 Å². The molecule has 5 nitrogen and oxygen atoms in total. The molecule has 0 fully saturated rings. The molecule has 1 heterocycles. The molecular weight excluding hydrogens is 249 g/mol. The van der Waals surface area contributed by atoms with Gasteiger partial charge in [0, 0.05) is 12.3 Å². The molecule has 0 aliphatic heterocycles. The molecule has 3 N–H and O–H groups in total. The third-order valence-electron chi connectivity index (χ3n) is 2.49. The molecule has 2 aromatic rings. The summed E-state index contributed by atoms with van der Waals surface area (Å²) >= 11 is 0. The number of oxime groups is 1. The van der Waals surface area contributed by atoms with Gasteiger partial charge in [-0.15, -0.1) is 0 Å². The van der Waals surface area contributed by atoms with Gasteiger partial charge in [0.25, 0.3) is 0 Å². The summed E-state index contributed by atoms with van der Waals surface area (Å²) in [6, 6.07) is 7.87. The number of benzene rings is 1. The summed E-state index contributed by atoms with van der Waals surface area (Å²) in [5.41, 5.74) is 6.15. The third-order valence-corrected chi connectivity index (χ3v) is 2.49. The number of hydrogen-bond donors (Lipinski definition) is 2. The fraction of sp³-hybridized carbons (Fsp3) is 0.0769. The van der Waals surface area contributed by atoms with Crippen molar-refractivity contribution in [2.24, 2.45) is 10.9 Å². The van der Waals surface area contributed by atoms with E-state index >= 15 is 0 Å². The Balaban J connectivity index is 2.31. The summed E-state index contributed by atoms with van der Waals surface area (Å²) in [6.07, 6.45) is 1.43. The average molecular weight is 261 g/mol. The summed E-state index contributed by atoms with van der Waals surface area (Å²) in [6.45, 7) is 1.65. The van der Waals surface area contributed by atoms with Crippen LogP contribution in [0.5, 0.6) is 11.5 Å². The summed E-state index contributed by atoms with van der Waals surface area (Å²) < 4.78 is 19.2. The van der Waals surface area contributed by atoms with Gasteiger partial charge in [0.15, 0.2) is 17.4 Å².